The smallest absolute Gasteiger partial charge is 0.445 e. The van der Waals surface area contributed by atoms with Crippen molar-refractivity contribution in [3.05, 3.63) is 10.2 Å². The monoisotopic (exact) mass is 366 g/mol. The number of quaternary nitrogens is 1. The van der Waals surface area contributed by atoms with Crippen LogP contribution in [0.25, 0.3) is 0 Å². The van der Waals surface area contributed by atoms with Crippen LogP contribution >= 0.6 is 11.3 Å². The number of likely N-dealkylation sites (N-methyl/N-ethyl adjacent to an activating group) is 1. The molecule has 0 bridgehead atoms. The van der Waals surface area contributed by atoms with Crippen LogP contribution in [-0.2, 0) is 15.7 Å². The predicted octanol–water partition coefficient (Wildman–Crippen LogP) is 2.32. The number of hydrogen-bond acceptors (Lipinski definition) is 7. The van der Waals surface area contributed by atoms with Crippen LogP contribution in [0.4, 0.5) is 18.3 Å². The number of halogens is 3. The Morgan fingerprint density at radius 3 is 2.62 bits per heavy atom. The summed E-state index contributed by atoms with van der Waals surface area (Å²) < 4.78 is 42.2. The van der Waals surface area contributed by atoms with E-state index in [1.165, 1.54) is 0 Å². The van der Waals surface area contributed by atoms with E-state index in [2.05, 4.69) is 10.2 Å². The molecule has 11 heteroatoms. The van der Waals surface area contributed by atoms with Crippen LogP contribution in [0.15, 0.2) is 0 Å². The maximum atomic E-state index is 13.1. The first-order valence-electron chi connectivity index (χ1n) is 7.59. The Labute approximate surface area is 140 Å². The molecule has 1 aromatic rings. The van der Waals surface area contributed by atoms with Crippen molar-refractivity contribution in [1.29, 1.82) is 0 Å². The normalized spacial score (nSPS) is 29.3. The Balaban J connectivity index is 1.80. The summed E-state index contributed by atoms with van der Waals surface area (Å²) in [5.74, 6) is -0.684. The molecule has 1 aliphatic carbocycles. The van der Waals surface area contributed by atoms with Crippen molar-refractivity contribution in [2.75, 3.05) is 20.3 Å². The van der Waals surface area contributed by atoms with Crippen molar-refractivity contribution in [2.24, 2.45) is 5.92 Å². The highest BCUT2D eigenvalue weighted by Crippen LogP contribution is 2.39. The molecule has 1 saturated heterocycles. The van der Waals surface area contributed by atoms with E-state index in [1.54, 1.807) is 11.9 Å². The molecule has 24 heavy (non-hydrogen) atoms. The van der Waals surface area contributed by atoms with Gasteiger partial charge >= 0.3 is 17.3 Å². The molecule has 134 valence electrons. The molecular weight excluding hydrogens is 349 g/mol. The van der Waals surface area contributed by atoms with Crippen LogP contribution in [0.2, 0.25) is 0 Å². The third-order valence-electron chi connectivity index (χ3n) is 4.31. The fraction of sp³-hybridized carbons (Fsp3) is 0.769. The van der Waals surface area contributed by atoms with Crippen molar-refractivity contribution >= 4 is 22.4 Å². The van der Waals surface area contributed by atoms with Crippen molar-refractivity contribution in [3.63, 3.8) is 0 Å². The van der Waals surface area contributed by atoms with Gasteiger partial charge in [-0.25, -0.2) is 4.90 Å². The highest BCUT2D eigenvalue weighted by Gasteiger charge is 2.47. The van der Waals surface area contributed by atoms with E-state index in [1.807, 2.05) is 0 Å². The van der Waals surface area contributed by atoms with Crippen LogP contribution in [0.3, 0.4) is 0 Å². The molecule has 3 rings (SSSR count). The summed E-state index contributed by atoms with van der Waals surface area (Å²) in [4.78, 5) is 13.8. The number of hydrogen-bond donors (Lipinski definition) is 0. The molecule has 0 amide bonds. The zero-order valence-corrected chi connectivity index (χ0v) is 13.8. The first-order chi connectivity index (χ1) is 11.2. The number of aromatic nitrogens is 2. The van der Waals surface area contributed by atoms with Crippen LogP contribution in [0.1, 0.15) is 30.7 Å². The Kier molecular flexibility index (Phi) is 4.53. The minimum absolute atomic E-state index is 0.142. The van der Waals surface area contributed by atoms with E-state index in [0.717, 1.165) is 25.7 Å². The predicted molar refractivity (Wildman–Crippen MR) is 79.4 cm³/mol. The van der Waals surface area contributed by atoms with Crippen molar-refractivity contribution in [3.8, 4) is 0 Å². The van der Waals surface area contributed by atoms with E-state index >= 15 is 0 Å². The third-order valence-corrected chi connectivity index (χ3v) is 5.39. The van der Waals surface area contributed by atoms with Crippen molar-refractivity contribution < 1.29 is 22.7 Å². The van der Waals surface area contributed by atoms with Gasteiger partial charge in [0.25, 0.3) is 6.23 Å². The Morgan fingerprint density at radius 1 is 1.38 bits per heavy atom. The molecule has 7 nitrogen and oxygen atoms in total. The maximum Gasteiger partial charge on any atom is 0.445 e. The lowest BCUT2D eigenvalue weighted by Gasteiger charge is -2.38. The largest absolute Gasteiger partial charge is 0.622 e. The topological polar surface area (TPSA) is 78.4 Å². The Morgan fingerprint density at radius 2 is 2.04 bits per heavy atom. The molecule has 0 radical (unpaired) electrons. The van der Waals surface area contributed by atoms with Gasteiger partial charge in [0.05, 0.1) is 12.5 Å². The third kappa shape index (κ3) is 3.25. The summed E-state index contributed by atoms with van der Waals surface area (Å²) in [7, 11) is 1.64. The molecule has 1 aromatic heterocycles. The molecule has 2 atom stereocenters. The summed E-state index contributed by atoms with van der Waals surface area (Å²) >= 11 is 0.196. The Hall–Kier alpha value is -1.30. The lowest BCUT2D eigenvalue weighted by molar-refractivity contribution is -0.158. The summed E-state index contributed by atoms with van der Waals surface area (Å²) in [5.41, 5.74) is 0. The average molecular weight is 366 g/mol. The number of carbonyl (C=O) groups is 1. The number of esters is 1. The first kappa shape index (κ1) is 17.5. The van der Waals surface area contributed by atoms with E-state index in [-0.39, 0.29) is 35.6 Å². The van der Waals surface area contributed by atoms with Gasteiger partial charge in [-0.3, -0.25) is 9.44 Å². The van der Waals surface area contributed by atoms with Gasteiger partial charge in [-0.2, -0.15) is 13.2 Å². The maximum absolute atomic E-state index is 13.1. The van der Waals surface area contributed by atoms with Gasteiger partial charge in [-0.15, -0.1) is 5.10 Å². The molecule has 2 heterocycles. The van der Waals surface area contributed by atoms with Gasteiger partial charge in [0, 0.05) is 0 Å². The lowest BCUT2D eigenvalue weighted by atomic mass is 10.1. The summed E-state index contributed by atoms with van der Waals surface area (Å²) in [6.07, 6.45) is -2.47. The highest BCUT2D eigenvalue weighted by atomic mass is 32.1. The zero-order chi connectivity index (χ0) is 17.5. The van der Waals surface area contributed by atoms with Gasteiger partial charge in [-0.1, -0.05) is 17.9 Å². The Bertz CT molecular complexity index is 620. The fourth-order valence-corrected chi connectivity index (χ4v) is 3.87. The van der Waals surface area contributed by atoms with E-state index in [0.29, 0.717) is 0 Å². The summed E-state index contributed by atoms with van der Waals surface area (Å²) in [6, 6.07) is 0. The van der Waals surface area contributed by atoms with Crippen LogP contribution in [-0.4, -0.2) is 47.6 Å². The number of rotatable bonds is 3. The van der Waals surface area contributed by atoms with E-state index in [4.69, 9.17) is 4.74 Å². The van der Waals surface area contributed by atoms with Gasteiger partial charge in [0.2, 0.25) is 5.01 Å². The standard InChI is InChI=1S/C13H17F3N4O3S/c1-19-6-9(23-10(21)8-4-2-3-5-8)20(22,7-19)12-18-17-11(24-12)13(14,15)16/h8-9H,2-7H2,1H3. The van der Waals surface area contributed by atoms with Gasteiger partial charge < -0.3 is 9.94 Å². The van der Waals surface area contributed by atoms with Gasteiger partial charge in [-0.05, 0) is 31.2 Å². The van der Waals surface area contributed by atoms with E-state index < -0.39 is 28.0 Å². The van der Waals surface area contributed by atoms with Crippen molar-refractivity contribution in [2.45, 2.75) is 38.1 Å². The van der Waals surface area contributed by atoms with Gasteiger partial charge in [0.15, 0.2) is 0 Å². The second kappa shape index (κ2) is 6.21. The first-order valence-corrected chi connectivity index (χ1v) is 8.41. The number of carbonyl (C=O) groups excluding carboxylic acids is 1. The number of ether oxygens (including phenoxy) is 1. The second-order valence-electron chi connectivity index (χ2n) is 6.24. The van der Waals surface area contributed by atoms with Crippen LogP contribution in [0, 0.1) is 11.1 Å². The quantitative estimate of drug-likeness (QED) is 0.464. The van der Waals surface area contributed by atoms with Crippen LogP contribution in [0.5, 0.6) is 0 Å². The number of alkyl halides is 3. The molecule has 1 saturated carbocycles. The second-order valence-corrected chi connectivity index (χ2v) is 7.19. The molecule has 2 unspecified atom stereocenters. The van der Waals surface area contributed by atoms with E-state index in [9.17, 15) is 23.2 Å². The highest BCUT2D eigenvalue weighted by molar-refractivity contribution is 7.15. The summed E-state index contributed by atoms with van der Waals surface area (Å²) in [5, 5.41) is 18.0. The number of nitrogens with zero attached hydrogens (tertiary/aromatic N) is 4. The molecule has 0 N–H and O–H groups in total. The van der Waals surface area contributed by atoms with Crippen molar-refractivity contribution in [1.82, 2.24) is 19.7 Å². The average Bonchev–Trinajstić information content (AvgIpc) is 3.19. The zero-order valence-electron chi connectivity index (χ0n) is 13.0. The SMILES string of the molecule is CN1CC(OC(=O)C2CCCC2)[N+]([O-])(c2nnc(C(F)(F)F)s2)C1. The molecule has 0 spiro atoms. The lowest BCUT2D eigenvalue weighted by Crippen LogP contribution is -2.51. The molecular formula is C13H17F3N4O3S. The molecule has 2 fully saturated rings. The minimum atomic E-state index is -4.66. The minimum Gasteiger partial charge on any atom is -0.622 e. The fourth-order valence-electron chi connectivity index (χ4n) is 3.09. The molecule has 2 aliphatic rings. The summed E-state index contributed by atoms with van der Waals surface area (Å²) in [6.45, 7) is -0.00199. The molecule has 1 aliphatic heterocycles. The van der Waals surface area contributed by atoms with Gasteiger partial charge in [0.1, 0.15) is 6.67 Å². The van der Waals surface area contributed by atoms with Crippen LogP contribution < -0.4 is 4.65 Å². The number of hydroxylamine groups is 2. The molecule has 0 aromatic carbocycles.